The van der Waals surface area contributed by atoms with E-state index in [1.54, 1.807) is 0 Å². The van der Waals surface area contributed by atoms with Crippen molar-refractivity contribution in [3.63, 3.8) is 0 Å². The van der Waals surface area contributed by atoms with Crippen LogP contribution < -0.4 is 10.5 Å². The van der Waals surface area contributed by atoms with Crippen molar-refractivity contribution in [2.45, 2.75) is 45.1 Å². The lowest BCUT2D eigenvalue weighted by Crippen LogP contribution is -2.21. The van der Waals surface area contributed by atoms with Gasteiger partial charge in [-0.1, -0.05) is 19.1 Å². The van der Waals surface area contributed by atoms with E-state index in [2.05, 4.69) is 6.92 Å². The van der Waals surface area contributed by atoms with E-state index in [-0.39, 0.29) is 0 Å². The third-order valence-electron chi connectivity index (χ3n) is 3.78. The van der Waals surface area contributed by atoms with E-state index < -0.39 is 0 Å². The molecule has 3 nitrogen and oxygen atoms in total. The van der Waals surface area contributed by atoms with Crippen molar-refractivity contribution in [1.82, 2.24) is 0 Å². The molecule has 0 aliphatic heterocycles. The van der Waals surface area contributed by atoms with Gasteiger partial charge in [0.2, 0.25) is 0 Å². The van der Waals surface area contributed by atoms with Crippen LogP contribution in [0.5, 0.6) is 5.75 Å². The van der Waals surface area contributed by atoms with Gasteiger partial charge in [0.15, 0.2) is 0 Å². The molecule has 0 heterocycles. The van der Waals surface area contributed by atoms with Gasteiger partial charge in [0.1, 0.15) is 5.75 Å². The SMILES string of the molecule is CC1CCC(OCCCOc2ccccc2N)CC1. The van der Waals surface area contributed by atoms with Crippen LogP contribution >= 0.6 is 0 Å². The van der Waals surface area contributed by atoms with Crippen molar-refractivity contribution in [2.75, 3.05) is 18.9 Å². The summed E-state index contributed by atoms with van der Waals surface area (Å²) in [6.07, 6.45) is 6.43. The molecule has 0 atom stereocenters. The Balaban J connectivity index is 1.56. The largest absolute Gasteiger partial charge is 0.491 e. The lowest BCUT2D eigenvalue weighted by Gasteiger charge is -2.26. The molecule has 106 valence electrons. The van der Waals surface area contributed by atoms with Crippen LogP contribution in [0.15, 0.2) is 24.3 Å². The zero-order valence-electron chi connectivity index (χ0n) is 11.8. The van der Waals surface area contributed by atoms with Gasteiger partial charge >= 0.3 is 0 Å². The molecule has 0 amide bonds. The number of para-hydroxylation sites is 2. The van der Waals surface area contributed by atoms with Crippen molar-refractivity contribution in [3.05, 3.63) is 24.3 Å². The molecule has 3 heteroatoms. The average molecular weight is 263 g/mol. The van der Waals surface area contributed by atoms with E-state index in [0.29, 0.717) is 18.4 Å². The summed E-state index contributed by atoms with van der Waals surface area (Å²) in [7, 11) is 0. The second-order valence-corrected chi connectivity index (χ2v) is 5.49. The summed E-state index contributed by atoms with van der Waals surface area (Å²) in [4.78, 5) is 0. The Bertz CT molecular complexity index is 373. The predicted molar refractivity (Wildman–Crippen MR) is 78.3 cm³/mol. The van der Waals surface area contributed by atoms with Crippen molar-refractivity contribution in [1.29, 1.82) is 0 Å². The summed E-state index contributed by atoms with van der Waals surface area (Å²) < 4.78 is 11.5. The quantitative estimate of drug-likeness (QED) is 0.629. The minimum Gasteiger partial charge on any atom is -0.491 e. The van der Waals surface area contributed by atoms with E-state index in [9.17, 15) is 0 Å². The van der Waals surface area contributed by atoms with Crippen LogP contribution in [-0.4, -0.2) is 19.3 Å². The van der Waals surface area contributed by atoms with Gasteiger partial charge in [-0.05, 0) is 43.7 Å². The highest BCUT2D eigenvalue weighted by atomic mass is 16.5. The lowest BCUT2D eigenvalue weighted by atomic mass is 9.89. The summed E-state index contributed by atoms with van der Waals surface area (Å²) in [5.41, 5.74) is 6.51. The fourth-order valence-electron chi connectivity index (χ4n) is 2.50. The van der Waals surface area contributed by atoms with Crippen LogP contribution in [0.25, 0.3) is 0 Å². The van der Waals surface area contributed by atoms with Gasteiger partial charge in [0.05, 0.1) is 25.0 Å². The number of rotatable bonds is 6. The Hall–Kier alpha value is -1.22. The summed E-state index contributed by atoms with van der Waals surface area (Å²) in [5, 5.41) is 0. The minimum absolute atomic E-state index is 0.470. The van der Waals surface area contributed by atoms with Gasteiger partial charge < -0.3 is 15.2 Å². The van der Waals surface area contributed by atoms with E-state index in [4.69, 9.17) is 15.2 Å². The fourth-order valence-corrected chi connectivity index (χ4v) is 2.50. The second kappa shape index (κ2) is 7.39. The Morgan fingerprint density at radius 1 is 1.11 bits per heavy atom. The van der Waals surface area contributed by atoms with Crippen molar-refractivity contribution >= 4 is 5.69 Å². The molecule has 2 N–H and O–H groups in total. The van der Waals surface area contributed by atoms with Gasteiger partial charge in [0.25, 0.3) is 0 Å². The molecule has 0 saturated heterocycles. The van der Waals surface area contributed by atoms with Gasteiger partial charge in [-0.3, -0.25) is 0 Å². The number of nitrogen functional groups attached to an aromatic ring is 1. The molecular weight excluding hydrogens is 238 g/mol. The highest BCUT2D eigenvalue weighted by Crippen LogP contribution is 2.25. The molecule has 1 fully saturated rings. The van der Waals surface area contributed by atoms with Crippen LogP contribution in [0.3, 0.4) is 0 Å². The Labute approximate surface area is 116 Å². The second-order valence-electron chi connectivity index (χ2n) is 5.49. The number of hydrogen-bond acceptors (Lipinski definition) is 3. The first-order chi connectivity index (χ1) is 9.25. The summed E-state index contributed by atoms with van der Waals surface area (Å²) in [6, 6.07) is 7.61. The molecule has 0 bridgehead atoms. The Kier molecular flexibility index (Phi) is 5.52. The summed E-state index contributed by atoms with van der Waals surface area (Å²) in [6.45, 7) is 3.78. The zero-order chi connectivity index (χ0) is 13.5. The highest BCUT2D eigenvalue weighted by molar-refractivity contribution is 5.51. The van der Waals surface area contributed by atoms with Gasteiger partial charge in [0, 0.05) is 6.42 Å². The third-order valence-corrected chi connectivity index (χ3v) is 3.78. The van der Waals surface area contributed by atoms with Gasteiger partial charge in [-0.15, -0.1) is 0 Å². The molecular formula is C16H25NO2. The minimum atomic E-state index is 0.470. The van der Waals surface area contributed by atoms with Crippen molar-refractivity contribution in [3.8, 4) is 5.75 Å². The van der Waals surface area contributed by atoms with Crippen molar-refractivity contribution in [2.24, 2.45) is 5.92 Å². The molecule has 19 heavy (non-hydrogen) atoms. The first-order valence-electron chi connectivity index (χ1n) is 7.34. The van der Waals surface area contributed by atoms with Crippen LogP contribution in [0.1, 0.15) is 39.0 Å². The molecule has 1 aromatic carbocycles. The molecule has 0 unspecified atom stereocenters. The van der Waals surface area contributed by atoms with E-state index in [1.807, 2.05) is 24.3 Å². The normalized spacial score (nSPS) is 23.2. The van der Waals surface area contributed by atoms with Gasteiger partial charge in [-0.25, -0.2) is 0 Å². The standard InChI is InChI=1S/C16H25NO2/c1-13-7-9-14(10-8-13)18-11-4-12-19-16-6-3-2-5-15(16)17/h2-3,5-6,13-14H,4,7-12,17H2,1H3. The predicted octanol–water partition coefficient (Wildman–Crippen LogP) is 3.63. The molecule has 1 aliphatic rings. The van der Waals surface area contributed by atoms with E-state index in [1.165, 1.54) is 25.7 Å². The average Bonchev–Trinajstić information content (AvgIpc) is 2.42. The molecule has 0 spiro atoms. The molecule has 2 rings (SSSR count). The maximum atomic E-state index is 5.89. The Morgan fingerprint density at radius 2 is 1.84 bits per heavy atom. The molecule has 0 aromatic heterocycles. The number of anilines is 1. The molecule has 1 aromatic rings. The maximum absolute atomic E-state index is 5.89. The fraction of sp³-hybridized carbons (Fsp3) is 0.625. The van der Waals surface area contributed by atoms with E-state index >= 15 is 0 Å². The number of hydrogen-bond donors (Lipinski definition) is 1. The molecule has 1 aliphatic carbocycles. The van der Waals surface area contributed by atoms with E-state index in [0.717, 1.165) is 24.7 Å². The van der Waals surface area contributed by atoms with Crippen LogP contribution in [0.4, 0.5) is 5.69 Å². The van der Waals surface area contributed by atoms with Gasteiger partial charge in [-0.2, -0.15) is 0 Å². The smallest absolute Gasteiger partial charge is 0.142 e. The molecule has 0 radical (unpaired) electrons. The monoisotopic (exact) mass is 263 g/mol. The number of nitrogens with two attached hydrogens (primary N) is 1. The summed E-state index contributed by atoms with van der Waals surface area (Å²) in [5.74, 6) is 1.65. The first-order valence-corrected chi connectivity index (χ1v) is 7.34. The lowest BCUT2D eigenvalue weighted by molar-refractivity contribution is 0.0146. The van der Waals surface area contributed by atoms with Crippen LogP contribution in [0, 0.1) is 5.92 Å². The number of benzene rings is 1. The van der Waals surface area contributed by atoms with Crippen molar-refractivity contribution < 1.29 is 9.47 Å². The summed E-state index contributed by atoms with van der Waals surface area (Å²) >= 11 is 0. The first kappa shape index (κ1) is 14.2. The topological polar surface area (TPSA) is 44.5 Å². The zero-order valence-corrected chi connectivity index (χ0v) is 11.8. The van der Waals surface area contributed by atoms with Crippen LogP contribution in [0.2, 0.25) is 0 Å². The number of ether oxygens (including phenoxy) is 2. The highest BCUT2D eigenvalue weighted by Gasteiger charge is 2.18. The maximum Gasteiger partial charge on any atom is 0.142 e. The molecule has 1 saturated carbocycles. The Morgan fingerprint density at radius 3 is 2.58 bits per heavy atom. The van der Waals surface area contributed by atoms with Crippen LogP contribution in [-0.2, 0) is 4.74 Å². The third kappa shape index (κ3) is 4.75.